The van der Waals surface area contributed by atoms with Crippen LogP contribution in [0, 0.1) is 0 Å². The zero-order chi connectivity index (χ0) is 8.74. The molecule has 0 fully saturated rings. The van der Waals surface area contributed by atoms with Crippen LogP contribution in [0.4, 0.5) is 0 Å². The minimum atomic E-state index is -0.994. The molecule has 2 heteroatoms. The first-order valence-electron chi connectivity index (χ1n) is 4.93. The topological polar surface area (TPSA) is 12.0 Å². The molecule has 0 heterocycles. The number of nitrogens with one attached hydrogen (secondary N) is 1. The van der Waals surface area contributed by atoms with E-state index < -0.39 is 8.24 Å². The van der Waals surface area contributed by atoms with Gasteiger partial charge in [-0.1, -0.05) is 40.2 Å². The Morgan fingerprint density at radius 2 is 1.82 bits per heavy atom. The molecule has 0 radical (unpaired) electrons. The molecule has 1 unspecified atom stereocenters. The summed E-state index contributed by atoms with van der Waals surface area (Å²) in [5, 5.41) is 0. The summed E-state index contributed by atoms with van der Waals surface area (Å²) in [6.45, 7) is 10.4. The van der Waals surface area contributed by atoms with Crippen molar-refractivity contribution in [3.8, 4) is 0 Å². The van der Waals surface area contributed by atoms with Crippen LogP contribution >= 0.6 is 0 Å². The summed E-state index contributed by atoms with van der Waals surface area (Å²) < 4.78 is 0. The Hall–Kier alpha value is 0.177. The zero-order valence-corrected chi connectivity index (χ0v) is 9.54. The Morgan fingerprint density at radius 3 is 2.18 bits per heavy atom. The van der Waals surface area contributed by atoms with E-state index in [1.807, 2.05) is 0 Å². The summed E-state index contributed by atoms with van der Waals surface area (Å²) in [4.78, 5) is 3.68. The molecule has 1 atom stereocenters. The molecule has 11 heavy (non-hydrogen) atoms. The lowest BCUT2D eigenvalue weighted by Crippen LogP contribution is -2.46. The lowest BCUT2D eigenvalue weighted by Gasteiger charge is -2.26. The van der Waals surface area contributed by atoms with E-state index in [0.29, 0.717) is 0 Å². The summed E-state index contributed by atoms with van der Waals surface area (Å²) >= 11 is 0. The Bertz CT molecular complexity index is 95.6. The second-order valence-corrected chi connectivity index (χ2v) is 8.23. The number of rotatable bonds is 6. The second-order valence-electron chi connectivity index (χ2n) is 3.55. The van der Waals surface area contributed by atoms with Crippen molar-refractivity contribution in [2.45, 2.75) is 52.2 Å². The fourth-order valence-corrected chi connectivity index (χ4v) is 4.15. The van der Waals surface area contributed by atoms with Gasteiger partial charge in [-0.2, -0.15) is 0 Å². The Kier molecular flexibility index (Phi) is 5.87. The van der Waals surface area contributed by atoms with Gasteiger partial charge < -0.3 is 4.98 Å². The summed E-state index contributed by atoms with van der Waals surface area (Å²) in [5.74, 6) is 0. The molecule has 0 aliphatic carbocycles. The minimum Gasteiger partial charge on any atom is -0.337 e. The van der Waals surface area contributed by atoms with Gasteiger partial charge in [-0.05, 0) is 18.6 Å². The highest BCUT2D eigenvalue weighted by atomic mass is 28.3. The van der Waals surface area contributed by atoms with Crippen LogP contribution in [-0.4, -0.2) is 14.8 Å². The molecule has 0 aliphatic heterocycles. The lowest BCUT2D eigenvalue weighted by molar-refractivity contribution is 0.829. The van der Waals surface area contributed by atoms with Crippen LogP contribution in [0.3, 0.4) is 0 Å². The van der Waals surface area contributed by atoms with Crippen LogP contribution in [0.5, 0.6) is 0 Å². The van der Waals surface area contributed by atoms with Crippen molar-refractivity contribution in [1.29, 1.82) is 0 Å². The van der Waals surface area contributed by atoms with Gasteiger partial charge in [0.05, 0.1) is 0 Å². The maximum atomic E-state index is 3.68. The highest BCUT2D eigenvalue weighted by Crippen LogP contribution is 2.14. The van der Waals surface area contributed by atoms with Crippen molar-refractivity contribution in [3.05, 3.63) is 0 Å². The van der Waals surface area contributed by atoms with E-state index in [9.17, 15) is 0 Å². The monoisotopic (exact) mass is 173 g/mol. The predicted molar refractivity (Wildman–Crippen MR) is 55.5 cm³/mol. The van der Waals surface area contributed by atoms with Crippen LogP contribution in [0.15, 0.2) is 0 Å². The summed E-state index contributed by atoms with van der Waals surface area (Å²) in [7, 11) is -0.994. The van der Waals surface area contributed by atoms with Crippen LogP contribution in [0.1, 0.15) is 33.6 Å². The van der Waals surface area contributed by atoms with Gasteiger partial charge in [0.15, 0.2) is 0 Å². The number of hydrogen-bond acceptors (Lipinski definition) is 1. The van der Waals surface area contributed by atoms with Crippen molar-refractivity contribution in [2.24, 2.45) is 0 Å². The molecule has 0 saturated heterocycles. The number of hydrogen-bond donors (Lipinski definition) is 1. The minimum absolute atomic E-state index is 0.994. The van der Waals surface area contributed by atoms with Gasteiger partial charge in [-0.25, -0.2) is 0 Å². The summed E-state index contributed by atoms with van der Waals surface area (Å²) in [5.41, 5.74) is 0. The van der Waals surface area contributed by atoms with Crippen LogP contribution in [0.25, 0.3) is 0 Å². The summed E-state index contributed by atoms with van der Waals surface area (Å²) in [6, 6.07) is 2.83. The second kappa shape index (κ2) is 5.78. The van der Waals surface area contributed by atoms with Gasteiger partial charge in [-0.3, -0.25) is 0 Å². The van der Waals surface area contributed by atoms with Gasteiger partial charge >= 0.3 is 0 Å². The Balaban J connectivity index is 3.68. The average Bonchev–Trinajstić information content (AvgIpc) is 2.02. The standard InChI is InChI=1S/C9H23NSi/c1-5-8-9-11(4,7-3)10-6-2/h10H,5-9H2,1-4H3. The largest absolute Gasteiger partial charge is 0.337 e. The first kappa shape index (κ1) is 11.2. The molecule has 0 spiro atoms. The smallest absolute Gasteiger partial charge is 0.122 e. The average molecular weight is 173 g/mol. The highest BCUT2D eigenvalue weighted by molar-refractivity contribution is 6.76. The van der Waals surface area contributed by atoms with Gasteiger partial charge in [-0.15, -0.1) is 0 Å². The predicted octanol–water partition coefficient (Wildman–Crippen LogP) is 2.99. The van der Waals surface area contributed by atoms with Gasteiger partial charge in [0.2, 0.25) is 0 Å². The van der Waals surface area contributed by atoms with E-state index in [-0.39, 0.29) is 0 Å². The molecule has 0 amide bonds. The van der Waals surface area contributed by atoms with Gasteiger partial charge in [0.1, 0.15) is 8.24 Å². The van der Waals surface area contributed by atoms with Crippen LogP contribution in [0.2, 0.25) is 18.6 Å². The van der Waals surface area contributed by atoms with Crippen molar-refractivity contribution in [2.75, 3.05) is 6.54 Å². The molecule has 0 aromatic heterocycles. The van der Waals surface area contributed by atoms with E-state index in [1.165, 1.54) is 24.9 Å². The molecule has 0 aromatic rings. The first-order valence-corrected chi connectivity index (χ1v) is 7.85. The maximum absolute atomic E-state index is 3.68. The molecule has 68 valence electrons. The third-order valence-electron chi connectivity index (χ3n) is 2.47. The maximum Gasteiger partial charge on any atom is 0.122 e. The molecular weight excluding hydrogens is 150 g/mol. The Labute approximate surface area is 72.7 Å². The van der Waals surface area contributed by atoms with Crippen molar-refractivity contribution in [3.63, 3.8) is 0 Å². The zero-order valence-electron chi connectivity index (χ0n) is 8.54. The fraction of sp³-hybridized carbons (Fsp3) is 1.00. The molecule has 1 N–H and O–H groups in total. The quantitative estimate of drug-likeness (QED) is 0.609. The lowest BCUT2D eigenvalue weighted by atomic mass is 10.4. The SMILES string of the molecule is CCCC[Si](C)(CC)NCC. The summed E-state index contributed by atoms with van der Waals surface area (Å²) in [6.07, 6.45) is 2.75. The van der Waals surface area contributed by atoms with Crippen molar-refractivity contribution >= 4 is 8.24 Å². The van der Waals surface area contributed by atoms with Gasteiger partial charge in [0, 0.05) is 0 Å². The molecular formula is C9H23NSi. The highest BCUT2D eigenvalue weighted by Gasteiger charge is 2.22. The Morgan fingerprint density at radius 1 is 1.18 bits per heavy atom. The normalized spacial score (nSPS) is 16.4. The van der Waals surface area contributed by atoms with Crippen LogP contribution < -0.4 is 4.98 Å². The molecule has 0 aromatic carbocycles. The van der Waals surface area contributed by atoms with Crippen LogP contribution in [-0.2, 0) is 0 Å². The molecule has 1 nitrogen and oxygen atoms in total. The van der Waals surface area contributed by atoms with E-state index >= 15 is 0 Å². The third kappa shape index (κ3) is 4.59. The van der Waals surface area contributed by atoms with Crippen molar-refractivity contribution in [1.82, 2.24) is 4.98 Å². The van der Waals surface area contributed by atoms with Crippen molar-refractivity contribution < 1.29 is 0 Å². The third-order valence-corrected chi connectivity index (χ3v) is 6.69. The molecule has 0 saturated carbocycles. The van der Waals surface area contributed by atoms with E-state index in [0.717, 1.165) is 6.54 Å². The fourth-order valence-electron chi connectivity index (χ4n) is 1.38. The number of unbranched alkanes of at least 4 members (excludes halogenated alkanes) is 1. The van der Waals surface area contributed by atoms with E-state index in [1.54, 1.807) is 0 Å². The van der Waals surface area contributed by atoms with Gasteiger partial charge in [0.25, 0.3) is 0 Å². The van der Waals surface area contributed by atoms with E-state index in [2.05, 4.69) is 32.3 Å². The first-order chi connectivity index (χ1) is 5.18. The van der Waals surface area contributed by atoms with E-state index in [4.69, 9.17) is 0 Å². The molecule has 0 aliphatic rings. The molecule has 0 bridgehead atoms. The molecule has 0 rings (SSSR count).